The van der Waals surface area contributed by atoms with Crippen LogP contribution >= 0.6 is 12.4 Å². The third kappa shape index (κ3) is 3.66. The molecule has 1 fully saturated rings. The fourth-order valence-electron chi connectivity index (χ4n) is 2.45. The van der Waals surface area contributed by atoms with Crippen molar-refractivity contribution in [1.82, 2.24) is 9.88 Å². The molecule has 1 saturated heterocycles. The van der Waals surface area contributed by atoms with E-state index in [4.69, 9.17) is 5.73 Å². The Kier molecular flexibility index (Phi) is 5.89. The molecule has 0 aromatic carbocycles. The lowest BCUT2D eigenvalue weighted by Gasteiger charge is -2.36. The van der Waals surface area contributed by atoms with Crippen LogP contribution in [-0.2, 0) is 0 Å². The second kappa shape index (κ2) is 6.94. The van der Waals surface area contributed by atoms with Gasteiger partial charge in [-0.3, -0.25) is 9.88 Å². The van der Waals surface area contributed by atoms with Crippen molar-refractivity contribution in [3.63, 3.8) is 0 Å². The van der Waals surface area contributed by atoms with Gasteiger partial charge in [0.2, 0.25) is 0 Å². The Morgan fingerprint density at radius 3 is 3.00 bits per heavy atom. The van der Waals surface area contributed by atoms with Gasteiger partial charge in [-0.1, -0.05) is 6.07 Å². The Morgan fingerprint density at radius 1 is 1.53 bits per heavy atom. The topological polar surface area (TPSA) is 42.2 Å². The maximum absolute atomic E-state index is 5.76. The molecule has 0 bridgehead atoms. The first-order chi connectivity index (χ1) is 7.81. The van der Waals surface area contributed by atoms with Crippen LogP contribution < -0.4 is 5.73 Å². The predicted molar refractivity (Wildman–Crippen MR) is 73.3 cm³/mol. The van der Waals surface area contributed by atoms with Crippen molar-refractivity contribution < 1.29 is 0 Å². The average molecular weight is 256 g/mol. The standard InChI is InChI=1S/C13H21N3.ClH/c1-11(13-6-2-3-7-15-13)16-8-4-5-12(9-14)10-16;/h2-3,6-7,11-12H,4-5,8-10,14H2,1H3;1H. The highest BCUT2D eigenvalue weighted by Gasteiger charge is 2.23. The number of hydrogen-bond donors (Lipinski definition) is 1. The van der Waals surface area contributed by atoms with Crippen molar-refractivity contribution in [1.29, 1.82) is 0 Å². The monoisotopic (exact) mass is 255 g/mol. The summed E-state index contributed by atoms with van der Waals surface area (Å²) in [7, 11) is 0. The number of nitrogens with zero attached hydrogens (tertiary/aromatic N) is 2. The number of aromatic nitrogens is 1. The number of hydrogen-bond acceptors (Lipinski definition) is 3. The van der Waals surface area contributed by atoms with E-state index in [0.29, 0.717) is 12.0 Å². The fourth-order valence-corrected chi connectivity index (χ4v) is 2.45. The van der Waals surface area contributed by atoms with E-state index in [9.17, 15) is 0 Å². The fraction of sp³-hybridized carbons (Fsp3) is 0.615. The quantitative estimate of drug-likeness (QED) is 0.901. The lowest BCUT2D eigenvalue weighted by Crippen LogP contribution is -2.39. The summed E-state index contributed by atoms with van der Waals surface area (Å²) in [6.45, 7) is 5.34. The third-order valence-corrected chi connectivity index (χ3v) is 3.55. The number of halogens is 1. The van der Waals surface area contributed by atoms with E-state index >= 15 is 0 Å². The first-order valence-corrected chi connectivity index (χ1v) is 6.16. The van der Waals surface area contributed by atoms with Gasteiger partial charge in [-0.25, -0.2) is 0 Å². The van der Waals surface area contributed by atoms with Crippen LogP contribution in [0.5, 0.6) is 0 Å². The first-order valence-electron chi connectivity index (χ1n) is 6.16. The molecule has 17 heavy (non-hydrogen) atoms. The number of piperidine rings is 1. The molecule has 0 saturated carbocycles. The van der Waals surface area contributed by atoms with E-state index in [1.54, 1.807) is 0 Å². The Balaban J connectivity index is 0.00000144. The average Bonchev–Trinajstić information content (AvgIpc) is 2.39. The number of nitrogens with two attached hydrogens (primary N) is 1. The van der Waals surface area contributed by atoms with Crippen molar-refractivity contribution in [2.24, 2.45) is 11.7 Å². The maximum atomic E-state index is 5.76. The van der Waals surface area contributed by atoms with Crippen LogP contribution in [0.3, 0.4) is 0 Å². The van der Waals surface area contributed by atoms with Gasteiger partial charge in [0, 0.05) is 18.8 Å². The van der Waals surface area contributed by atoms with Gasteiger partial charge in [0.15, 0.2) is 0 Å². The van der Waals surface area contributed by atoms with E-state index in [2.05, 4.69) is 28.9 Å². The van der Waals surface area contributed by atoms with Gasteiger partial charge in [0.1, 0.15) is 0 Å². The van der Waals surface area contributed by atoms with Gasteiger partial charge in [-0.15, -0.1) is 12.4 Å². The number of rotatable bonds is 3. The van der Waals surface area contributed by atoms with E-state index in [1.807, 2.05) is 12.3 Å². The molecule has 1 aromatic rings. The maximum Gasteiger partial charge on any atom is 0.0572 e. The summed E-state index contributed by atoms with van der Waals surface area (Å²) >= 11 is 0. The zero-order chi connectivity index (χ0) is 11.4. The minimum atomic E-state index is 0. The molecule has 1 aliphatic rings. The molecular formula is C13H22ClN3. The van der Waals surface area contributed by atoms with Gasteiger partial charge in [-0.2, -0.15) is 0 Å². The molecule has 3 nitrogen and oxygen atoms in total. The molecule has 4 heteroatoms. The first kappa shape index (κ1) is 14.4. The Morgan fingerprint density at radius 2 is 2.35 bits per heavy atom. The lowest BCUT2D eigenvalue weighted by molar-refractivity contribution is 0.132. The van der Waals surface area contributed by atoms with Crippen molar-refractivity contribution >= 4 is 12.4 Å². The summed E-state index contributed by atoms with van der Waals surface area (Å²) in [6, 6.07) is 6.55. The molecule has 2 atom stereocenters. The van der Waals surface area contributed by atoms with Crippen LogP contribution in [-0.4, -0.2) is 29.5 Å². The molecule has 2 N–H and O–H groups in total. The van der Waals surface area contributed by atoms with E-state index in [0.717, 1.165) is 13.1 Å². The number of likely N-dealkylation sites (tertiary alicyclic amines) is 1. The highest BCUT2D eigenvalue weighted by atomic mass is 35.5. The normalized spacial score (nSPS) is 22.8. The summed E-state index contributed by atoms with van der Waals surface area (Å²) in [6.07, 6.45) is 4.41. The van der Waals surface area contributed by atoms with Gasteiger partial charge >= 0.3 is 0 Å². The van der Waals surface area contributed by atoms with Gasteiger partial charge in [0.25, 0.3) is 0 Å². The van der Waals surface area contributed by atoms with Crippen molar-refractivity contribution in [3.8, 4) is 0 Å². The molecular weight excluding hydrogens is 234 g/mol. The van der Waals surface area contributed by atoms with Gasteiger partial charge < -0.3 is 5.73 Å². The molecule has 2 unspecified atom stereocenters. The SMILES string of the molecule is CC(c1ccccn1)N1CCCC(CN)C1.Cl. The minimum absolute atomic E-state index is 0. The van der Waals surface area contributed by atoms with Crippen LogP contribution in [0.15, 0.2) is 24.4 Å². The van der Waals surface area contributed by atoms with Gasteiger partial charge in [0.05, 0.1) is 5.69 Å². The highest BCUT2D eigenvalue weighted by molar-refractivity contribution is 5.85. The minimum Gasteiger partial charge on any atom is -0.330 e. The summed E-state index contributed by atoms with van der Waals surface area (Å²) in [4.78, 5) is 6.94. The van der Waals surface area contributed by atoms with Crippen LogP contribution in [0.2, 0.25) is 0 Å². The molecule has 0 amide bonds. The lowest BCUT2D eigenvalue weighted by atomic mass is 9.96. The van der Waals surface area contributed by atoms with E-state index < -0.39 is 0 Å². The van der Waals surface area contributed by atoms with E-state index in [1.165, 1.54) is 25.1 Å². The van der Waals surface area contributed by atoms with Crippen LogP contribution in [0.25, 0.3) is 0 Å². The molecule has 1 aliphatic heterocycles. The molecule has 0 radical (unpaired) electrons. The summed E-state index contributed by atoms with van der Waals surface area (Å²) in [5.74, 6) is 0.667. The molecule has 96 valence electrons. The Bertz CT molecular complexity index is 318. The molecule has 2 heterocycles. The Labute approximate surface area is 110 Å². The number of pyridine rings is 1. The zero-order valence-corrected chi connectivity index (χ0v) is 11.2. The third-order valence-electron chi connectivity index (χ3n) is 3.55. The van der Waals surface area contributed by atoms with Crippen LogP contribution in [0.1, 0.15) is 31.5 Å². The zero-order valence-electron chi connectivity index (χ0n) is 10.4. The van der Waals surface area contributed by atoms with Crippen LogP contribution in [0.4, 0.5) is 0 Å². The highest BCUT2D eigenvalue weighted by Crippen LogP contribution is 2.24. The second-order valence-corrected chi connectivity index (χ2v) is 4.67. The molecule has 1 aromatic heterocycles. The molecule has 2 rings (SSSR count). The van der Waals surface area contributed by atoms with Crippen molar-refractivity contribution in [2.45, 2.75) is 25.8 Å². The second-order valence-electron chi connectivity index (χ2n) is 4.67. The summed E-state index contributed by atoms with van der Waals surface area (Å²) < 4.78 is 0. The van der Waals surface area contributed by atoms with Crippen molar-refractivity contribution in [3.05, 3.63) is 30.1 Å². The van der Waals surface area contributed by atoms with Crippen molar-refractivity contribution in [2.75, 3.05) is 19.6 Å². The van der Waals surface area contributed by atoms with Crippen LogP contribution in [0, 0.1) is 5.92 Å². The molecule has 0 spiro atoms. The Hall–Kier alpha value is -0.640. The largest absolute Gasteiger partial charge is 0.330 e. The van der Waals surface area contributed by atoms with Gasteiger partial charge in [-0.05, 0) is 50.9 Å². The molecule has 0 aliphatic carbocycles. The summed E-state index contributed by atoms with van der Waals surface area (Å²) in [5.41, 5.74) is 6.93. The predicted octanol–water partition coefficient (Wildman–Crippen LogP) is 2.24. The smallest absolute Gasteiger partial charge is 0.0572 e. The summed E-state index contributed by atoms with van der Waals surface area (Å²) in [5, 5.41) is 0. The van der Waals surface area contributed by atoms with E-state index in [-0.39, 0.29) is 12.4 Å².